The number of rotatable bonds is 4. The third kappa shape index (κ3) is 3.78. The molecule has 0 aliphatic carbocycles. The molecule has 0 spiro atoms. The van der Waals surface area contributed by atoms with Gasteiger partial charge >= 0.3 is 0 Å². The second-order valence-corrected chi connectivity index (χ2v) is 5.29. The number of halogens is 2. The Balaban J connectivity index is 2.79. The van der Waals surface area contributed by atoms with E-state index >= 15 is 0 Å². The van der Waals surface area contributed by atoms with Gasteiger partial charge in [-0.3, -0.25) is 0 Å². The lowest BCUT2D eigenvalue weighted by atomic mass is 9.91. The summed E-state index contributed by atoms with van der Waals surface area (Å²) in [6.07, 6.45) is 2.05. The maximum Gasteiger partial charge on any atom is 0.0449 e. The first kappa shape index (κ1) is 13.0. The van der Waals surface area contributed by atoms with Gasteiger partial charge in [0.15, 0.2) is 0 Å². The molecule has 0 saturated carbocycles. The molecule has 0 bridgehead atoms. The van der Waals surface area contributed by atoms with E-state index in [-0.39, 0.29) is 6.04 Å². The van der Waals surface area contributed by atoms with Gasteiger partial charge in [0, 0.05) is 15.5 Å². The van der Waals surface area contributed by atoms with E-state index in [9.17, 15) is 0 Å². The molecule has 2 N–H and O–H groups in total. The third-order valence-corrected chi connectivity index (χ3v) is 3.61. The van der Waals surface area contributed by atoms with Crippen molar-refractivity contribution in [1.29, 1.82) is 0 Å². The minimum atomic E-state index is 0.217. The van der Waals surface area contributed by atoms with E-state index in [1.807, 2.05) is 12.1 Å². The van der Waals surface area contributed by atoms with Crippen LogP contribution < -0.4 is 5.73 Å². The van der Waals surface area contributed by atoms with E-state index in [0.29, 0.717) is 5.92 Å². The predicted octanol–water partition coefficient (Wildman–Crippen LogP) is 4.02. The van der Waals surface area contributed by atoms with Crippen molar-refractivity contribution in [3.63, 3.8) is 0 Å². The lowest BCUT2D eigenvalue weighted by molar-refractivity contribution is 0.428. The Morgan fingerprint density at radius 2 is 2.13 bits per heavy atom. The Bertz CT molecular complexity index is 325. The molecule has 0 aliphatic rings. The lowest BCUT2D eigenvalue weighted by Crippen LogP contribution is -2.27. The van der Waals surface area contributed by atoms with Crippen molar-refractivity contribution in [3.05, 3.63) is 33.3 Å². The molecule has 84 valence electrons. The zero-order valence-corrected chi connectivity index (χ0v) is 11.5. The average molecular weight is 291 g/mol. The van der Waals surface area contributed by atoms with Crippen molar-refractivity contribution in [3.8, 4) is 0 Å². The van der Waals surface area contributed by atoms with Crippen LogP contribution in [0.25, 0.3) is 0 Å². The van der Waals surface area contributed by atoms with E-state index < -0.39 is 0 Å². The van der Waals surface area contributed by atoms with Crippen LogP contribution in [0.3, 0.4) is 0 Å². The topological polar surface area (TPSA) is 26.0 Å². The highest BCUT2D eigenvalue weighted by Crippen LogP contribution is 2.25. The fourth-order valence-electron chi connectivity index (χ4n) is 1.67. The Kier molecular flexibility index (Phi) is 5.10. The molecule has 0 heterocycles. The molecular formula is C12H17BrClN. The van der Waals surface area contributed by atoms with Crippen molar-refractivity contribution in [2.75, 3.05) is 0 Å². The van der Waals surface area contributed by atoms with Gasteiger partial charge in [0.1, 0.15) is 0 Å². The zero-order valence-electron chi connectivity index (χ0n) is 9.13. The Hall–Kier alpha value is -0.0500. The van der Waals surface area contributed by atoms with Gasteiger partial charge in [0.25, 0.3) is 0 Å². The van der Waals surface area contributed by atoms with Crippen LogP contribution in [0.5, 0.6) is 0 Å². The normalized spacial score (nSPS) is 15.0. The molecule has 0 amide bonds. The Morgan fingerprint density at radius 1 is 1.47 bits per heavy atom. The van der Waals surface area contributed by atoms with Crippen LogP contribution in [-0.4, -0.2) is 6.04 Å². The van der Waals surface area contributed by atoms with Crippen molar-refractivity contribution >= 4 is 27.5 Å². The molecule has 2 unspecified atom stereocenters. The predicted molar refractivity (Wildman–Crippen MR) is 70.3 cm³/mol. The van der Waals surface area contributed by atoms with Gasteiger partial charge in [-0.25, -0.2) is 0 Å². The van der Waals surface area contributed by atoms with E-state index in [4.69, 9.17) is 17.3 Å². The third-order valence-electron chi connectivity index (χ3n) is 2.77. The highest BCUT2D eigenvalue weighted by atomic mass is 79.9. The van der Waals surface area contributed by atoms with Crippen molar-refractivity contribution in [2.45, 2.75) is 32.7 Å². The van der Waals surface area contributed by atoms with Gasteiger partial charge < -0.3 is 5.73 Å². The van der Waals surface area contributed by atoms with Crippen LogP contribution in [0.15, 0.2) is 22.7 Å². The minimum absolute atomic E-state index is 0.217. The van der Waals surface area contributed by atoms with Crippen molar-refractivity contribution in [1.82, 2.24) is 0 Å². The fourth-order valence-corrected chi connectivity index (χ4v) is 2.42. The standard InChI is InChI=1S/C12H17BrClN/c1-3-9(8(2)15)6-10-4-5-11(13)7-12(10)14/h4-5,7-9H,3,6,15H2,1-2H3. The highest BCUT2D eigenvalue weighted by molar-refractivity contribution is 9.10. The second-order valence-electron chi connectivity index (χ2n) is 3.97. The molecule has 0 aliphatic heterocycles. The van der Waals surface area contributed by atoms with Crippen LogP contribution in [0, 0.1) is 5.92 Å². The molecule has 15 heavy (non-hydrogen) atoms. The van der Waals surface area contributed by atoms with Crippen LogP contribution in [0.1, 0.15) is 25.8 Å². The lowest BCUT2D eigenvalue weighted by Gasteiger charge is -2.19. The van der Waals surface area contributed by atoms with Crippen LogP contribution in [0.4, 0.5) is 0 Å². The summed E-state index contributed by atoms with van der Waals surface area (Å²) in [5.74, 6) is 0.503. The summed E-state index contributed by atoms with van der Waals surface area (Å²) >= 11 is 9.56. The first-order valence-electron chi connectivity index (χ1n) is 5.24. The summed E-state index contributed by atoms with van der Waals surface area (Å²) in [6, 6.07) is 6.24. The average Bonchev–Trinajstić information content (AvgIpc) is 2.16. The van der Waals surface area contributed by atoms with Crippen molar-refractivity contribution < 1.29 is 0 Å². The zero-order chi connectivity index (χ0) is 11.4. The van der Waals surface area contributed by atoms with Gasteiger partial charge in [0.2, 0.25) is 0 Å². The van der Waals surface area contributed by atoms with Crippen LogP contribution in [-0.2, 0) is 6.42 Å². The number of hydrogen-bond acceptors (Lipinski definition) is 1. The SMILES string of the molecule is CCC(Cc1ccc(Br)cc1Cl)C(C)N. The second kappa shape index (κ2) is 5.88. The number of benzene rings is 1. The van der Waals surface area contributed by atoms with Gasteiger partial charge in [-0.2, -0.15) is 0 Å². The molecule has 2 atom stereocenters. The van der Waals surface area contributed by atoms with E-state index in [1.165, 1.54) is 5.56 Å². The van der Waals surface area contributed by atoms with Crippen molar-refractivity contribution in [2.24, 2.45) is 11.7 Å². The smallest absolute Gasteiger partial charge is 0.0449 e. The maximum atomic E-state index is 6.16. The summed E-state index contributed by atoms with van der Waals surface area (Å²) in [7, 11) is 0. The van der Waals surface area contributed by atoms with E-state index in [2.05, 4.69) is 35.8 Å². The molecule has 0 fully saturated rings. The summed E-state index contributed by atoms with van der Waals surface area (Å²) in [5, 5.41) is 0.823. The molecule has 0 aromatic heterocycles. The van der Waals surface area contributed by atoms with Gasteiger partial charge in [-0.1, -0.05) is 46.9 Å². The van der Waals surface area contributed by atoms with Crippen LogP contribution >= 0.6 is 27.5 Å². The molecule has 0 radical (unpaired) electrons. The first-order valence-corrected chi connectivity index (χ1v) is 6.41. The maximum absolute atomic E-state index is 6.16. The molecule has 3 heteroatoms. The Morgan fingerprint density at radius 3 is 2.60 bits per heavy atom. The first-order chi connectivity index (χ1) is 7.04. The van der Waals surface area contributed by atoms with Crippen LogP contribution in [0.2, 0.25) is 5.02 Å². The van der Waals surface area contributed by atoms with E-state index in [1.54, 1.807) is 0 Å². The van der Waals surface area contributed by atoms with E-state index in [0.717, 1.165) is 22.3 Å². The molecule has 1 rings (SSSR count). The molecule has 1 aromatic carbocycles. The summed E-state index contributed by atoms with van der Waals surface area (Å²) in [4.78, 5) is 0. The Labute approximate surface area is 105 Å². The number of hydrogen-bond donors (Lipinski definition) is 1. The molecule has 0 saturated heterocycles. The van der Waals surface area contributed by atoms with Gasteiger partial charge in [0.05, 0.1) is 0 Å². The monoisotopic (exact) mass is 289 g/mol. The largest absolute Gasteiger partial charge is 0.328 e. The highest BCUT2D eigenvalue weighted by Gasteiger charge is 2.13. The fraction of sp³-hybridized carbons (Fsp3) is 0.500. The van der Waals surface area contributed by atoms with Gasteiger partial charge in [-0.15, -0.1) is 0 Å². The quantitative estimate of drug-likeness (QED) is 0.890. The van der Waals surface area contributed by atoms with Gasteiger partial charge in [-0.05, 0) is 37.0 Å². The molecule has 1 aromatic rings. The summed E-state index contributed by atoms with van der Waals surface area (Å²) in [5.41, 5.74) is 7.11. The minimum Gasteiger partial charge on any atom is -0.328 e. The molecular weight excluding hydrogens is 273 g/mol. The number of nitrogens with two attached hydrogens (primary N) is 1. The summed E-state index contributed by atoms with van der Waals surface area (Å²) in [6.45, 7) is 4.22. The summed E-state index contributed by atoms with van der Waals surface area (Å²) < 4.78 is 1.02. The molecule has 1 nitrogen and oxygen atoms in total.